The summed E-state index contributed by atoms with van der Waals surface area (Å²) in [7, 11) is 2.19. The predicted molar refractivity (Wildman–Crippen MR) is 91.1 cm³/mol. The highest BCUT2D eigenvalue weighted by Gasteiger charge is 2.31. The highest BCUT2D eigenvalue weighted by molar-refractivity contribution is 5.73. The summed E-state index contributed by atoms with van der Waals surface area (Å²) in [6, 6.07) is 9.32. The van der Waals surface area contributed by atoms with Gasteiger partial charge >= 0.3 is 0 Å². The van der Waals surface area contributed by atoms with Gasteiger partial charge in [-0.3, -0.25) is 0 Å². The maximum Gasteiger partial charge on any atom is 0.0607 e. The first-order valence-electron chi connectivity index (χ1n) is 8.58. The van der Waals surface area contributed by atoms with E-state index in [9.17, 15) is 0 Å². The lowest BCUT2D eigenvalue weighted by Gasteiger charge is -2.44. The maximum atomic E-state index is 6.22. The first kappa shape index (κ1) is 14.7. The van der Waals surface area contributed by atoms with Crippen molar-refractivity contribution >= 4 is 11.4 Å². The molecule has 2 N–H and O–H groups in total. The van der Waals surface area contributed by atoms with Crippen LogP contribution >= 0.6 is 0 Å². The van der Waals surface area contributed by atoms with E-state index < -0.39 is 0 Å². The van der Waals surface area contributed by atoms with E-state index in [0.29, 0.717) is 6.04 Å². The van der Waals surface area contributed by atoms with Gasteiger partial charge in [0.1, 0.15) is 0 Å². The number of fused-ring (bicyclic) bond motifs is 1. The first-order chi connectivity index (χ1) is 10.3. The molecule has 21 heavy (non-hydrogen) atoms. The maximum absolute atomic E-state index is 6.22. The Hall–Kier alpha value is -1.22. The van der Waals surface area contributed by atoms with Crippen LogP contribution in [-0.4, -0.2) is 32.7 Å². The standard InChI is InChI=1S/C18H29N3/c1-20-12-13-21(17-11-7-6-10-16(17)20)18(14-19)15-8-4-2-3-5-9-15/h6-7,10-11,15,18H,2-5,8-9,12-14,19H2,1H3. The van der Waals surface area contributed by atoms with E-state index in [4.69, 9.17) is 5.73 Å². The van der Waals surface area contributed by atoms with E-state index in [1.54, 1.807) is 0 Å². The van der Waals surface area contributed by atoms with Crippen LogP contribution in [0.3, 0.4) is 0 Å². The van der Waals surface area contributed by atoms with E-state index in [0.717, 1.165) is 25.6 Å². The topological polar surface area (TPSA) is 32.5 Å². The second-order valence-corrected chi connectivity index (χ2v) is 6.66. The Balaban J connectivity index is 1.85. The molecule has 1 aromatic carbocycles. The molecule has 1 fully saturated rings. The number of rotatable bonds is 3. The molecule has 0 spiro atoms. The third kappa shape index (κ3) is 3.03. The molecule has 1 aliphatic heterocycles. The molecule has 0 radical (unpaired) electrons. The molecule has 1 heterocycles. The van der Waals surface area contributed by atoms with Gasteiger partial charge in [-0.25, -0.2) is 0 Å². The zero-order valence-corrected chi connectivity index (χ0v) is 13.3. The molecule has 3 heteroatoms. The molecular weight excluding hydrogens is 258 g/mol. The quantitative estimate of drug-likeness (QED) is 0.866. The monoisotopic (exact) mass is 287 g/mol. The molecule has 0 aromatic heterocycles. The van der Waals surface area contributed by atoms with Crippen LogP contribution in [0.5, 0.6) is 0 Å². The molecule has 3 rings (SSSR count). The van der Waals surface area contributed by atoms with E-state index in [1.165, 1.54) is 49.9 Å². The first-order valence-corrected chi connectivity index (χ1v) is 8.58. The van der Waals surface area contributed by atoms with Crippen LogP contribution in [0.2, 0.25) is 0 Å². The molecule has 0 amide bonds. The van der Waals surface area contributed by atoms with Crippen molar-refractivity contribution in [2.45, 2.75) is 44.6 Å². The molecular formula is C18H29N3. The molecule has 1 aromatic rings. The van der Waals surface area contributed by atoms with Crippen molar-refractivity contribution < 1.29 is 0 Å². The largest absolute Gasteiger partial charge is 0.371 e. The lowest BCUT2D eigenvalue weighted by molar-refractivity contribution is 0.358. The summed E-state index contributed by atoms with van der Waals surface area (Å²) in [6.45, 7) is 2.98. The fraction of sp³-hybridized carbons (Fsp3) is 0.667. The van der Waals surface area contributed by atoms with Crippen molar-refractivity contribution in [3.8, 4) is 0 Å². The molecule has 2 aliphatic rings. The Morgan fingerprint density at radius 3 is 2.38 bits per heavy atom. The minimum atomic E-state index is 0.512. The Kier molecular flexibility index (Phi) is 4.69. The van der Waals surface area contributed by atoms with Crippen molar-refractivity contribution in [3.05, 3.63) is 24.3 Å². The van der Waals surface area contributed by atoms with Gasteiger partial charge < -0.3 is 15.5 Å². The van der Waals surface area contributed by atoms with Crippen molar-refractivity contribution in [1.82, 2.24) is 0 Å². The summed E-state index contributed by atoms with van der Waals surface area (Å²) < 4.78 is 0. The normalized spacial score (nSPS) is 21.8. The number of nitrogens with two attached hydrogens (primary N) is 1. The Morgan fingerprint density at radius 2 is 1.71 bits per heavy atom. The lowest BCUT2D eigenvalue weighted by atomic mass is 9.89. The number of nitrogens with zero attached hydrogens (tertiary/aromatic N) is 2. The molecule has 3 nitrogen and oxygen atoms in total. The molecule has 1 aliphatic carbocycles. The molecule has 0 bridgehead atoms. The minimum Gasteiger partial charge on any atom is -0.371 e. The van der Waals surface area contributed by atoms with Gasteiger partial charge in [-0.05, 0) is 30.9 Å². The summed E-state index contributed by atoms with van der Waals surface area (Å²) in [5.74, 6) is 0.772. The third-order valence-electron chi connectivity index (χ3n) is 5.36. The number of hydrogen-bond donors (Lipinski definition) is 1. The number of likely N-dealkylation sites (N-methyl/N-ethyl adjacent to an activating group) is 1. The van der Waals surface area contributed by atoms with E-state index in [2.05, 4.69) is 41.1 Å². The van der Waals surface area contributed by atoms with Crippen molar-refractivity contribution in [2.75, 3.05) is 36.5 Å². The zero-order valence-electron chi connectivity index (χ0n) is 13.3. The van der Waals surface area contributed by atoms with Gasteiger partial charge in [-0.1, -0.05) is 37.8 Å². The summed E-state index contributed by atoms with van der Waals surface area (Å²) in [5.41, 5.74) is 8.96. The van der Waals surface area contributed by atoms with Gasteiger partial charge in [0.2, 0.25) is 0 Å². The number of benzene rings is 1. The van der Waals surface area contributed by atoms with E-state index >= 15 is 0 Å². The van der Waals surface area contributed by atoms with Gasteiger partial charge in [-0.2, -0.15) is 0 Å². The molecule has 1 atom stereocenters. The minimum absolute atomic E-state index is 0.512. The number of hydrogen-bond acceptors (Lipinski definition) is 3. The van der Waals surface area contributed by atoms with Crippen LogP contribution in [0.15, 0.2) is 24.3 Å². The molecule has 1 unspecified atom stereocenters. The average Bonchev–Trinajstić information content (AvgIpc) is 2.80. The Labute approximate surface area is 129 Å². The fourth-order valence-corrected chi connectivity index (χ4v) is 4.14. The van der Waals surface area contributed by atoms with Gasteiger partial charge in [-0.15, -0.1) is 0 Å². The summed E-state index contributed by atoms with van der Waals surface area (Å²) >= 11 is 0. The third-order valence-corrected chi connectivity index (χ3v) is 5.36. The molecule has 116 valence electrons. The van der Waals surface area contributed by atoms with Gasteiger partial charge in [0.15, 0.2) is 0 Å². The average molecular weight is 287 g/mol. The number of anilines is 2. The van der Waals surface area contributed by atoms with Crippen LogP contribution in [-0.2, 0) is 0 Å². The van der Waals surface area contributed by atoms with Crippen LogP contribution in [0, 0.1) is 5.92 Å². The highest BCUT2D eigenvalue weighted by atomic mass is 15.3. The SMILES string of the molecule is CN1CCN(C(CN)C2CCCCCC2)c2ccccc21. The fourth-order valence-electron chi connectivity index (χ4n) is 4.14. The van der Waals surface area contributed by atoms with E-state index in [-0.39, 0.29) is 0 Å². The summed E-state index contributed by atoms with van der Waals surface area (Å²) in [4.78, 5) is 4.97. The van der Waals surface area contributed by atoms with Crippen molar-refractivity contribution in [2.24, 2.45) is 11.7 Å². The van der Waals surface area contributed by atoms with E-state index in [1.807, 2.05) is 0 Å². The van der Waals surface area contributed by atoms with Crippen molar-refractivity contribution in [3.63, 3.8) is 0 Å². The van der Waals surface area contributed by atoms with Gasteiger partial charge in [0.05, 0.1) is 11.4 Å². The van der Waals surface area contributed by atoms with Gasteiger partial charge in [0, 0.05) is 32.7 Å². The predicted octanol–water partition coefficient (Wildman–Crippen LogP) is 3.24. The molecule has 1 saturated carbocycles. The van der Waals surface area contributed by atoms with Crippen molar-refractivity contribution in [1.29, 1.82) is 0 Å². The highest BCUT2D eigenvalue weighted by Crippen LogP contribution is 2.36. The van der Waals surface area contributed by atoms with Crippen LogP contribution in [0.4, 0.5) is 11.4 Å². The second-order valence-electron chi connectivity index (χ2n) is 6.66. The van der Waals surface area contributed by atoms with Crippen LogP contribution in [0.25, 0.3) is 0 Å². The smallest absolute Gasteiger partial charge is 0.0607 e. The lowest BCUT2D eigenvalue weighted by Crippen LogP contribution is -2.51. The second kappa shape index (κ2) is 6.69. The Bertz CT molecular complexity index is 452. The summed E-state index contributed by atoms with van der Waals surface area (Å²) in [6.07, 6.45) is 8.31. The van der Waals surface area contributed by atoms with Crippen LogP contribution < -0.4 is 15.5 Å². The molecule has 0 saturated heterocycles. The summed E-state index contributed by atoms with van der Waals surface area (Å²) in [5, 5.41) is 0. The van der Waals surface area contributed by atoms with Gasteiger partial charge in [0.25, 0.3) is 0 Å². The Morgan fingerprint density at radius 1 is 1.05 bits per heavy atom. The zero-order chi connectivity index (χ0) is 14.7. The van der Waals surface area contributed by atoms with Crippen LogP contribution in [0.1, 0.15) is 38.5 Å². The number of para-hydroxylation sites is 2.